The van der Waals surface area contributed by atoms with Crippen LogP contribution in [0.1, 0.15) is 18.9 Å². The van der Waals surface area contributed by atoms with E-state index in [1.807, 2.05) is 31.2 Å². The van der Waals surface area contributed by atoms with E-state index in [9.17, 15) is 0 Å². The zero-order chi connectivity index (χ0) is 15.2. The molecular formula is C14H21BrO4Si. The summed E-state index contributed by atoms with van der Waals surface area (Å²) in [5.41, 5.74) is 0.622. The fraction of sp³-hybridized carbons (Fsp3) is 0.429. The lowest BCUT2D eigenvalue weighted by Gasteiger charge is -2.32. The van der Waals surface area contributed by atoms with E-state index in [2.05, 4.69) is 22.5 Å². The normalized spacial score (nSPS) is 13.1. The highest BCUT2D eigenvalue weighted by molar-refractivity contribution is 9.10. The Morgan fingerprint density at radius 1 is 1.15 bits per heavy atom. The predicted molar refractivity (Wildman–Crippen MR) is 85.1 cm³/mol. The molecule has 0 fully saturated rings. The van der Waals surface area contributed by atoms with E-state index in [4.69, 9.17) is 18.0 Å². The van der Waals surface area contributed by atoms with Gasteiger partial charge in [0, 0.05) is 31.4 Å². The average molecular weight is 361 g/mol. The van der Waals surface area contributed by atoms with Crippen LogP contribution < -0.4 is 0 Å². The Balaban J connectivity index is 2.87. The molecule has 112 valence electrons. The molecular weight excluding hydrogens is 340 g/mol. The maximum atomic E-state index is 5.94. The van der Waals surface area contributed by atoms with Gasteiger partial charge < -0.3 is 18.0 Å². The summed E-state index contributed by atoms with van der Waals surface area (Å²) < 4.78 is 23.3. The Kier molecular flexibility index (Phi) is 6.91. The molecule has 0 aliphatic carbocycles. The summed E-state index contributed by atoms with van der Waals surface area (Å²) in [4.78, 5) is 0. The molecule has 1 aromatic rings. The summed E-state index contributed by atoms with van der Waals surface area (Å²) in [6.45, 7) is 5.98. The van der Waals surface area contributed by atoms with E-state index < -0.39 is 8.80 Å². The summed E-state index contributed by atoms with van der Waals surface area (Å²) >= 11 is 3.40. The van der Waals surface area contributed by atoms with Gasteiger partial charge in [0.2, 0.25) is 0 Å². The van der Waals surface area contributed by atoms with Gasteiger partial charge in [-0.15, -0.1) is 0 Å². The predicted octanol–water partition coefficient (Wildman–Crippen LogP) is 3.63. The molecule has 0 heterocycles. The van der Waals surface area contributed by atoms with Crippen LogP contribution in [0.25, 0.3) is 5.76 Å². The van der Waals surface area contributed by atoms with E-state index in [1.165, 1.54) is 0 Å². The smallest absolute Gasteiger partial charge is 0.486 e. The van der Waals surface area contributed by atoms with Crippen LogP contribution in [0.4, 0.5) is 0 Å². The Morgan fingerprint density at radius 3 is 2.05 bits per heavy atom. The number of halogens is 1. The number of hydrogen-bond acceptors (Lipinski definition) is 4. The lowest BCUT2D eigenvalue weighted by Crippen LogP contribution is -2.55. The molecule has 0 amide bonds. The summed E-state index contributed by atoms with van der Waals surface area (Å²) in [6.07, 6.45) is 0.706. The van der Waals surface area contributed by atoms with Gasteiger partial charge in [-0.2, -0.15) is 0 Å². The first kappa shape index (κ1) is 17.4. The third kappa shape index (κ3) is 3.92. The number of ether oxygens (including phenoxy) is 1. The lowest BCUT2D eigenvalue weighted by atomic mass is 10.2. The number of hydrogen-bond donors (Lipinski definition) is 0. The van der Waals surface area contributed by atoms with Crippen molar-refractivity contribution in [3.05, 3.63) is 40.9 Å². The monoisotopic (exact) mass is 360 g/mol. The first-order chi connectivity index (χ1) is 9.52. The van der Waals surface area contributed by atoms with Crippen LogP contribution in [0.15, 0.2) is 35.3 Å². The molecule has 0 saturated carbocycles. The molecule has 0 saturated heterocycles. The molecule has 1 rings (SSSR count). The second-order valence-corrected chi connectivity index (χ2v) is 8.15. The van der Waals surface area contributed by atoms with Crippen LogP contribution in [0.3, 0.4) is 0 Å². The van der Waals surface area contributed by atoms with Crippen molar-refractivity contribution in [2.75, 3.05) is 21.3 Å². The third-order valence-electron chi connectivity index (χ3n) is 3.07. The molecule has 6 heteroatoms. The molecule has 0 radical (unpaired) electrons. The molecule has 0 bridgehead atoms. The lowest BCUT2D eigenvalue weighted by molar-refractivity contribution is 0.0568. The van der Waals surface area contributed by atoms with Crippen molar-refractivity contribution < 1.29 is 18.0 Å². The minimum Gasteiger partial charge on any atom is -0.486 e. The van der Waals surface area contributed by atoms with Crippen LogP contribution in [0.5, 0.6) is 0 Å². The topological polar surface area (TPSA) is 36.9 Å². The van der Waals surface area contributed by atoms with Crippen LogP contribution in [0, 0.1) is 0 Å². The minimum absolute atomic E-state index is 0.293. The number of rotatable bonds is 8. The molecule has 20 heavy (non-hydrogen) atoms. The molecule has 4 nitrogen and oxygen atoms in total. The molecule has 1 unspecified atom stereocenters. The average Bonchev–Trinajstić information content (AvgIpc) is 2.48. The second-order valence-electron chi connectivity index (χ2n) is 4.16. The van der Waals surface area contributed by atoms with E-state index in [-0.39, 0.29) is 5.73 Å². The maximum absolute atomic E-state index is 5.94. The van der Waals surface area contributed by atoms with E-state index in [0.29, 0.717) is 12.2 Å². The number of benzene rings is 1. The molecule has 1 atom stereocenters. The van der Waals surface area contributed by atoms with Crippen molar-refractivity contribution in [2.24, 2.45) is 0 Å². The fourth-order valence-electron chi connectivity index (χ4n) is 1.93. The molecule has 1 aromatic carbocycles. The highest BCUT2D eigenvalue weighted by Gasteiger charge is 2.49. The minimum atomic E-state index is -2.85. The highest BCUT2D eigenvalue weighted by atomic mass is 79.9. The third-order valence-corrected chi connectivity index (χ3v) is 6.62. The van der Waals surface area contributed by atoms with Gasteiger partial charge in [0.05, 0.1) is 0 Å². The Labute approximate surface area is 130 Å². The van der Waals surface area contributed by atoms with Gasteiger partial charge in [-0.05, 0) is 18.6 Å². The van der Waals surface area contributed by atoms with Crippen molar-refractivity contribution in [1.29, 1.82) is 0 Å². The van der Waals surface area contributed by atoms with Gasteiger partial charge in [0.1, 0.15) is 5.76 Å². The highest BCUT2D eigenvalue weighted by Crippen LogP contribution is 2.25. The fourth-order valence-corrected chi connectivity index (χ4v) is 4.26. The first-order valence-corrected chi connectivity index (χ1v) is 8.89. The Morgan fingerprint density at radius 2 is 1.65 bits per heavy atom. The van der Waals surface area contributed by atoms with Crippen LogP contribution in [0.2, 0.25) is 0 Å². The van der Waals surface area contributed by atoms with Gasteiger partial charge in [0.15, 0.2) is 5.73 Å². The summed E-state index contributed by atoms with van der Waals surface area (Å²) in [6, 6.07) is 7.76. The molecule has 0 spiro atoms. The zero-order valence-corrected chi connectivity index (χ0v) is 14.9. The molecule has 0 aromatic heterocycles. The van der Waals surface area contributed by atoms with E-state index in [0.717, 1.165) is 10.0 Å². The van der Waals surface area contributed by atoms with Crippen molar-refractivity contribution in [2.45, 2.75) is 19.1 Å². The zero-order valence-electron chi connectivity index (χ0n) is 12.3. The summed E-state index contributed by atoms with van der Waals surface area (Å²) in [5, 5.41) is 0. The summed E-state index contributed by atoms with van der Waals surface area (Å²) in [7, 11) is 1.89. The second kappa shape index (κ2) is 7.95. The van der Waals surface area contributed by atoms with Crippen LogP contribution >= 0.6 is 15.9 Å². The van der Waals surface area contributed by atoms with Crippen LogP contribution in [-0.4, -0.2) is 35.9 Å². The first-order valence-electron chi connectivity index (χ1n) is 6.29. The molecule has 0 N–H and O–H groups in total. The SMILES string of the molecule is C=C(OC(CC)[Si](OC)(OC)OC)c1ccc(Br)cc1. The Hall–Kier alpha value is -0.663. The van der Waals surface area contributed by atoms with Gasteiger partial charge in [-0.1, -0.05) is 41.6 Å². The molecule has 0 aliphatic rings. The van der Waals surface area contributed by atoms with Crippen molar-refractivity contribution in [1.82, 2.24) is 0 Å². The Bertz CT molecular complexity index is 423. The standard InChI is InChI=1S/C14H21BrO4Si/c1-6-14(20(16-3,17-4)18-5)19-11(2)12-7-9-13(15)10-8-12/h7-10,14H,2,6H2,1,3-5H3. The van der Waals surface area contributed by atoms with Crippen LogP contribution in [-0.2, 0) is 18.0 Å². The maximum Gasteiger partial charge on any atom is 0.543 e. The van der Waals surface area contributed by atoms with E-state index in [1.54, 1.807) is 21.3 Å². The van der Waals surface area contributed by atoms with Crippen molar-refractivity contribution in [3.63, 3.8) is 0 Å². The van der Waals surface area contributed by atoms with Crippen molar-refractivity contribution >= 4 is 30.5 Å². The van der Waals surface area contributed by atoms with E-state index >= 15 is 0 Å². The largest absolute Gasteiger partial charge is 0.543 e. The van der Waals surface area contributed by atoms with Gasteiger partial charge >= 0.3 is 8.80 Å². The summed E-state index contributed by atoms with van der Waals surface area (Å²) in [5.74, 6) is 0.576. The van der Waals surface area contributed by atoms with Gasteiger partial charge in [-0.25, -0.2) is 0 Å². The van der Waals surface area contributed by atoms with Crippen molar-refractivity contribution in [3.8, 4) is 0 Å². The van der Waals surface area contributed by atoms with Gasteiger partial charge in [0.25, 0.3) is 0 Å². The quantitative estimate of drug-likeness (QED) is 0.523. The molecule has 0 aliphatic heterocycles. The van der Waals surface area contributed by atoms with Gasteiger partial charge in [-0.3, -0.25) is 0 Å².